The summed E-state index contributed by atoms with van der Waals surface area (Å²) < 4.78 is 13.7. The van der Waals surface area contributed by atoms with Crippen molar-refractivity contribution in [1.82, 2.24) is 13.6 Å². The average Bonchev–Trinajstić information content (AvgIpc) is 3.02. The lowest BCUT2D eigenvalue weighted by Crippen LogP contribution is -2.37. The van der Waals surface area contributed by atoms with E-state index in [2.05, 4.69) is 44.8 Å². The lowest BCUT2D eigenvalue weighted by atomic mass is 10.0. The summed E-state index contributed by atoms with van der Waals surface area (Å²) in [7, 11) is 0. The van der Waals surface area contributed by atoms with Crippen LogP contribution < -0.4 is 0 Å². The standard InChI is InChI=1S/C14H17N3OS/c1-11(17-6-8-18-9-7-17)12-2-4-13(5-3-12)14-10-15-19-16-14/h2-5,10-11H,6-9H2,1H3. The van der Waals surface area contributed by atoms with Crippen LogP contribution in [0.4, 0.5) is 0 Å². The van der Waals surface area contributed by atoms with Crippen LogP contribution >= 0.6 is 11.7 Å². The van der Waals surface area contributed by atoms with Crippen LogP contribution in [0.2, 0.25) is 0 Å². The molecule has 0 bridgehead atoms. The van der Waals surface area contributed by atoms with Crippen molar-refractivity contribution in [2.75, 3.05) is 26.3 Å². The molecule has 0 spiro atoms. The zero-order valence-electron chi connectivity index (χ0n) is 11.0. The van der Waals surface area contributed by atoms with Gasteiger partial charge in [0.1, 0.15) is 5.69 Å². The molecule has 1 aromatic heterocycles. The van der Waals surface area contributed by atoms with E-state index in [1.165, 1.54) is 17.3 Å². The maximum atomic E-state index is 5.40. The predicted octanol–water partition coefficient (Wildman–Crippen LogP) is 2.60. The highest BCUT2D eigenvalue weighted by atomic mass is 32.1. The molecule has 0 radical (unpaired) electrons. The Kier molecular flexibility index (Phi) is 3.87. The third-order valence-corrected chi connectivity index (χ3v) is 4.12. The summed E-state index contributed by atoms with van der Waals surface area (Å²) in [6.07, 6.45) is 1.81. The first kappa shape index (κ1) is 12.7. The van der Waals surface area contributed by atoms with Gasteiger partial charge in [0.2, 0.25) is 0 Å². The second-order valence-corrected chi connectivity index (χ2v) is 5.30. The number of hydrogen-bond donors (Lipinski definition) is 0. The fraction of sp³-hybridized carbons (Fsp3) is 0.429. The van der Waals surface area contributed by atoms with E-state index in [4.69, 9.17) is 4.74 Å². The lowest BCUT2D eigenvalue weighted by Gasteiger charge is -2.32. The molecule has 19 heavy (non-hydrogen) atoms. The SMILES string of the molecule is CC(c1ccc(-c2cnsn2)cc1)N1CCOCC1. The van der Waals surface area contributed by atoms with Crippen LogP contribution in [0.1, 0.15) is 18.5 Å². The maximum absolute atomic E-state index is 5.40. The van der Waals surface area contributed by atoms with Crippen molar-refractivity contribution in [3.8, 4) is 11.3 Å². The van der Waals surface area contributed by atoms with Gasteiger partial charge in [0, 0.05) is 24.7 Å². The fourth-order valence-corrected chi connectivity index (χ4v) is 2.83. The van der Waals surface area contributed by atoms with Crippen LogP contribution in [0.25, 0.3) is 11.3 Å². The zero-order valence-corrected chi connectivity index (χ0v) is 11.8. The minimum Gasteiger partial charge on any atom is -0.379 e. The molecule has 5 heteroatoms. The molecule has 1 atom stereocenters. The van der Waals surface area contributed by atoms with E-state index in [1.807, 2.05) is 6.20 Å². The van der Waals surface area contributed by atoms with Gasteiger partial charge < -0.3 is 4.74 Å². The fourth-order valence-electron chi connectivity index (χ4n) is 2.40. The summed E-state index contributed by atoms with van der Waals surface area (Å²) >= 11 is 1.25. The Balaban J connectivity index is 1.74. The molecule has 4 nitrogen and oxygen atoms in total. The highest BCUT2D eigenvalue weighted by molar-refractivity contribution is 6.99. The Morgan fingerprint density at radius 3 is 2.58 bits per heavy atom. The Hall–Kier alpha value is -1.30. The van der Waals surface area contributed by atoms with Crippen LogP contribution in [0.15, 0.2) is 30.5 Å². The van der Waals surface area contributed by atoms with Crippen molar-refractivity contribution >= 4 is 11.7 Å². The average molecular weight is 275 g/mol. The first-order valence-corrected chi connectivity index (χ1v) is 7.27. The number of hydrogen-bond acceptors (Lipinski definition) is 5. The molecular weight excluding hydrogens is 258 g/mol. The predicted molar refractivity (Wildman–Crippen MR) is 76.2 cm³/mol. The molecule has 1 aliphatic heterocycles. The van der Waals surface area contributed by atoms with Gasteiger partial charge in [0.05, 0.1) is 31.1 Å². The summed E-state index contributed by atoms with van der Waals surface area (Å²) in [5.74, 6) is 0. The summed E-state index contributed by atoms with van der Waals surface area (Å²) in [5, 5.41) is 0. The molecule has 1 fully saturated rings. The molecule has 0 saturated carbocycles. The molecule has 2 heterocycles. The Bertz CT molecular complexity index is 506. The molecule has 1 aliphatic rings. The van der Waals surface area contributed by atoms with Crippen molar-refractivity contribution in [1.29, 1.82) is 0 Å². The highest BCUT2D eigenvalue weighted by Gasteiger charge is 2.18. The molecule has 1 aromatic carbocycles. The molecule has 0 N–H and O–H groups in total. The molecule has 2 aromatic rings. The maximum Gasteiger partial charge on any atom is 0.104 e. The largest absolute Gasteiger partial charge is 0.379 e. The molecule has 1 unspecified atom stereocenters. The smallest absolute Gasteiger partial charge is 0.104 e. The van der Waals surface area contributed by atoms with Crippen LogP contribution in [0, 0.1) is 0 Å². The Morgan fingerprint density at radius 2 is 1.95 bits per heavy atom. The van der Waals surface area contributed by atoms with Gasteiger partial charge in [-0.2, -0.15) is 8.75 Å². The van der Waals surface area contributed by atoms with Crippen LogP contribution in [-0.4, -0.2) is 40.0 Å². The number of morpholine rings is 1. The summed E-state index contributed by atoms with van der Waals surface area (Å²) in [6, 6.07) is 9.07. The summed E-state index contributed by atoms with van der Waals surface area (Å²) in [4.78, 5) is 2.46. The van der Waals surface area contributed by atoms with Crippen molar-refractivity contribution in [2.24, 2.45) is 0 Å². The van der Waals surface area contributed by atoms with Gasteiger partial charge in [-0.1, -0.05) is 24.3 Å². The topological polar surface area (TPSA) is 38.2 Å². The highest BCUT2D eigenvalue weighted by Crippen LogP contribution is 2.24. The van der Waals surface area contributed by atoms with E-state index in [1.54, 1.807) is 0 Å². The number of rotatable bonds is 3. The van der Waals surface area contributed by atoms with E-state index in [0.29, 0.717) is 6.04 Å². The third kappa shape index (κ3) is 2.83. The molecule has 100 valence electrons. The van der Waals surface area contributed by atoms with Crippen molar-refractivity contribution in [3.63, 3.8) is 0 Å². The molecule has 1 saturated heterocycles. The molecule has 0 amide bonds. The van der Waals surface area contributed by atoms with Gasteiger partial charge in [0.25, 0.3) is 0 Å². The van der Waals surface area contributed by atoms with Gasteiger partial charge in [-0.25, -0.2) is 0 Å². The quantitative estimate of drug-likeness (QED) is 0.863. The number of nitrogens with zero attached hydrogens (tertiary/aromatic N) is 3. The van der Waals surface area contributed by atoms with Crippen molar-refractivity contribution in [3.05, 3.63) is 36.0 Å². The Labute approximate surface area is 117 Å². The van der Waals surface area contributed by atoms with Crippen LogP contribution in [-0.2, 0) is 4.74 Å². The summed E-state index contributed by atoms with van der Waals surface area (Å²) in [6.45, 7) is 5.96. The molecule has 3 rings (SSSR count). The van der Waals surface area contributed by atoms with E-state index in [-0.39, 0.29) is 0 Å². The molecular formula is C14H17N3OS. The van der Waals surface area contributed by atoms with Gasteiger partial charge in [-0.15, -0.1) is 0 Å². The lowest BCUT2D eigenvalue weighted by molar-refractivity contribution is 0.0198. The first-order chi connectivity index (χ1) is 9.34. The van der Waals surface area contributed by atoms with Gasteiger partial charge in [0.15, 0.2) is 0 Å². The zero-order chi connectivity index (χ0) is 13.1. The van der Waals surface area contributed by atoms with Crippen molar-refractivity contribution < 1.29 is 4.74 Å². The second kappa shape index (κ2) is 5.77. The number of aromatic nitrogens is 2. The van der Waals surface area contributed by atoms with Gasteiger partial charge in [-0.05, 0) is 12.5 Å². The minimum absolute atomic E-state index is 0.437. The van der Waals surface area contributed by atoms with Crippen LogP contribution in [0.5, 0.6) is 0 Å². The monoisotopic (exact) mass is 275 g/mol. The third-order valence-electron chi connectivity index (χ3n) is 3.64. The second-order valence-electron chi connectivity index (χ2n) is 4.74. The Morgan fingerprint density at radius 1 is 1.21 bits per heavy atom. The first-order valence-electron chi connectivity index (χ1n) is 6.54. The van der Waals surface area contributed by atoms with Gasteiger partial charge >= 0.3 is 0 Å². The van der Waals surface area contributed by atoms with E-state index < -0.39 is 0 Å². The van der Waals surface area contributed by atoms with Crippen LogP contribution in [0.3, 0.4) is 0 Å². The van der Waals surface area contributed by atoms with E-state index >= 15 is 0 Å². The van der Waals surface area contributed by atoms with Gasteiger partial charge in [-0.3, -0.25) is 4.90 Å². The number of benzene rings is 1. The van der Waals surface area contributed by atoms with E-state index in [0.717, 1.165) is 37.6 Å². The normalized spacial score (nSPS) is 18.4. The summed E-state index contributed by atoms with van der Waals surface area (Å²) in [5.41, 5.74) is 3.43. The minimum atomic E-state index is 0.437. The number of ether oxygens (including phenoxy) is 1. The van der Waals surface area contributed by atoms with Crippen molar-refractivity contribution in [2.45, 2.75) is 13.0 Å². The van der Waals surface area contributed by atoms with E-state index in [9.17, 15) is 0 Å². The molecule has 0 aliphatic carbocycles.